The molecule has 2 aliphatic rings. The highest BCUT2D eigenvalue weighted by Gasteiger charge is 2.27. The Bertz CT molecular complexity index is 615. The zero-order chi connectivity index (χ0) is 16.8. The Morgan fingerprint density at radius 2 is 2.25 bits per heavy atom. The van der Waals surface area contributed by atoms with E-state index in [9.17, 15) is 10.1 Å². The molecule has 128 valence electrons. The van der Waals surface area contributed by atoms with E-state index >= 15 is 0 Å². The average Bonchev–Trinajstić information content (AvgIpc) is 3.08. The number of nitro groups is 1. The van der Waals surface area contributed by atoms with Gasteiger partial charge in [-0.1, -0.05) is 30.3 Å². The van der Waals surface area contributed by atoms with Crippen LogP contribution < -0.4 is 5.32 Å². The van der Waals surface area contributed by atoms with Crippen LogP contribution in [0.2, 0.25) is 0 Å². The highest BCUT2D eigenvalue weighted by molar-refractivity contribution is 5.83. The molecule has 1 aromatic rings. The second kappa shape index (κ2) is 7.84. The van der Waals surface area contributed by atoms with Gasteiger partial charge in [-0.3, -0.25) is 4.90 Å². The minimum atomic E-state index is -0.719. The normalized spacial score (nSPS) is 23.8. The molecule has 2 aliphatic heterocycles. The number of hydrogen-bond acceptors (Lipinski definition) is 5. The molecule has 1 N–H and O–H groups in total. The molecule has 2 heterocycles. The van der Waals surface area contributed by atoms with Crippen molar-refractivity contribution < 1.29 is 9.77 Å². The summed E-state index contributed by atoms with van der Waals surface area (Å²) >= 11 is 0. The highest BCUT2D eigenvalue weighted by atomic mass is 16.7. The first kappa shape index (κ1) is 16.3. The largest absolute Gasteiger partial charge is 0.377 e. The van der Waals surface area contributed by atoms with Crippen LogP contribution >= 0.6 is 0 Å². The number of hydrazone groups is 2. The molecule has 0 radical (unpaired) electrons. The van der Waals surface area contributed by atoms with Crippen molar-refractivity contribution in [3.05, 3.63) is 46.0 Å². The molecule has 1 atom stereocenters. The number of benzene rings is 1. The molecule has 1 unspecified atom stereocenters. The summed E-state index contributed by atoms with van der Waals surface area (Å²) in [6.07, 6.45) is 3.99. The van der Waals surface area contributed by atoms with Crippen LogP contribution in [0.25, 0.3) is 0 Å². The van der Waals surface area contributed by atoms with Gasteiger partial charge in [0.2, 0.25) is 0 Å². The Hall–Kier alpha value is -2.52. The standard InChI is InChI=1S/C15H20N6O3/c22-21(23)18-15-16-11-19(10-14-7-4-8-24-14)12-20(15)17-9-13-5-2-1-3-6-13/h1-3,5-6,9,14H,4,7-8,10-12H2,(H,16,18)/b17-9+. The minimum absolute atomic E-state index is 0.135. The van der Waals surface area contributed by atoms with Gasteiger partial charge < -0.3 is 10.1 Å². The van der Waals surface area contributed by atoms with Crippen molar-refractivity contribution in [2.45, 2.75) is 18.9 Å². The van der Waals surface area contributed by atoms with Crippen LogP contribution in [-0.2, 0) is 4.74 Å². The molecule has 9 nitrogen and oxygen atoms in total. The van der Waals surface area contributed by atoms with E-state index in [1.807, 2.05) is 30.3 Å². The predicted molar refractivity (Wildman–Crippen MR) is 88.9 cm³/mol. The molecular weight excluding hydrogens is 312 g/mol. The molecule has 1 aromatic carbocycles. The van der Waals surface area contributed by atoms with Crippen LogP contribution in [-0.4, -0.2) is 59.7 Å². The third-order valence-corrected chi connectivity index (χ3v) is 3.85. The molecule has 2 saturated heterocycles. The zero-order valence-electron chi connectivity index (χ0n) is 13.2. The number of ether oxygens (including phenoxy) is 1. The summed E-state index contributed by atoms with van der Waals surface area (Å²) in [5, 5.41) is 22.2. The Morgan fingerprint density at radius 1 is 1.42 bits per heavy atom. The van der Waals surface area contributed by atoms with E-state index in [1.54, 1.807) is 6.21 Å². The molecule has 0 aliphatic carbocycles. The van der Waals surface area contributed by atoms with E-state index in [0.29, 0.717) is 13.3 Å². The van der Waals surface area contributed by atoms with Crippen molar-refractivity contribution >= 4 is 12.2 Å². The molecule has 3 rings (SSSR count). The summed E-state index contributed by atoms with van der Waals surface area (Å²) in [6, 6.07) is 9.56. The van der Waals surface area contributed by atoms with Gasteiger partial charge in [-0.05, 0) is 18.4 Å². The van der Waals surface area contributed by atoms with Crippen LogP contribution in [0.3, 0.4) is 0 Å². The number of hydrogen-bond donors (Lipinski definition) is 1. The summed E-state index contributed by atoms with van der Waals surface area (Å²) in [5.41, 5.74) is 0.911. The Kier molecular flexibility index (Phi) is 5.34. The van der Waals surface area contributed by atoms with Crippen LogP contribution in [0.4, 0.5) is 0 Å². The minimum Gasteiger partial charge on any atom is -0.377 e. The van der Waals surface area contributed by atoms with Crippen LogP contribution in [0, 0.1) is 10.1 Å². The summed E-state index contributed by atoms with van der Waals surface area (Å²) in [6.45, 7) is 2.46. The third-order valence-electron chi connectivity index (χ3n) is 3.85. The number of rotatable bonds is 5. The summed E-state index contributed by atoms with van der Waals surface area (Å²) in [4.78, 5) is 12.8. The van der Waals surface area contributed by atoms with E-state index < -0.39 is 5.03 Å². The average molecular weight is 332 g/mol. The summed E-state index contributed by atoms with van der Waals surface area (Å²) in [5.74, 6) is 0.135. The van der Waals surface area contributed by atoms with Crippen LogP contribution in [0.15, 0.2) is 40.5 Å². The lowest BCUT2D eigenvalue weighted by atomic mass is 10.2. The van der Waals surface area contributed by atoms with E-state index in [0.717, 1.165) is 31.6 Å². The van der Waals surface area contributed by atoms with E-state index in [2.05, 4.69) is 20.4 Å². The molecule has 0 saturated carbocycles. The predicted octanol–water partition coefficient (Wildman–Crippen LogP) is 0.869. The van der Waals surface area contributed by atoms with E-state index in [-0.39, 0.29) is 12.1 Å². The van der Waals surface area contributed by atoms with Crippen molar-refractivity contribution in [3.8, 4) is 0 Å². The first-order chi connectivity index (χ1) is 11.7. The van der Waals surface area contributed by atoms with Crippen molar-refractivity contribution in [3.63, 3.8) is 0 Å². The molecule has 24 heavy (non-hydrogen) atoms. The molecule has 0 amide bonds. The summed E-state index contributed by atoms with van der Waals surface area (Å²) in [7, 11) is 0. The number of nitrogens with zero attached hydrogens (tertiary/aromatic N) is 5. The Morgan fingerprint density at radius 3 is 2.96 bits per heavy atom. The zero-order valence-corrected chi connectivity index (χ0v) is 13.2. The van der Waals surface area contributed by atoms with Gasteiger partial charge in [-0.2, -0.15) is 5.10 Å². The van der Waals surface area contributed by atoms with Crippen molar-refractivity contribution in [1.29, 1.82) is 0 Å². The van der Waals surface area contributed by atoms with Gasteiger partial charge in [0.05, 0.1) is 25.7 Å². The molecule has 0 spiro atoms. The van der Waals surface area contributed by atoms with Crippen LogP contribution in [0.5, 0.6) is 0 Å². The monoisotopic (exact) mass is 332 g/mol. The molecule has 0 aromatic heterocycles. The second-order valence-corrected chi connectivity index (χ2v) is 5.68. The fraction of sp³-hybridized carbons (Fsp3) is 0.467. The Labute approximate surface area is 139 Å². The maximum Gasteiger partial charge on any atom is 0.294 e. The van der Waals surface area contributed by atoms with Crippen molar-refractivity contribution in [2.75, 3.05) is 26.5 Å². The van der Waals surface area contributed by atoms with E-state index in [1.165, 1.54) is 5.01 Å². The molecule has 2 fully saturated rings. The lowest BCUT2D eigenvalue weighted by Gasteiger charge is -2.35. The molecular formula is C15H20N6O3. The van der Waals surface area contributed by atoms with Gasteiger partial charge in [-0.25, -0.2) is 15.1 Å². The smallest absolute Gasteiger partial charge is 0.294 e. The van der Waals surface area contributed by atoms with Gasteiger partial charge >= 0.3 is 0 Å². The SMILES string of the molecule is O=[N+]([O-])/N=C1\NCN(CC2CCCO2)CN1/N=C/c1ccccc1. The third kappa shape index (κ3) is 4.49. The first-order valence-corrected chi connectivity index (χ1v) is 7.88. The lowest BCUT2D eigenvalue weighted by molar-refractivity contribution is -0.486. The number of nitrogens with one attached hydrogen (secondary N) is 1. The fourth-order valence-electron chi connectivity index (χ4n) is 2.71. The fourth-order valence-corrected chi connectivity index (χ4v) is 2.71. The maximum atomic E-state index is 10.7. The van der Waals surface area contributed by atoms with Gasteiger partial charge in [0.1, 0.15) is 5.10 Å². The molecule has 9 heteroatoms. The van der Waals surface area contributed by atoms with Crippen LogP contribution in [0.1, 0.15) is 18.4 Å². The van der Waals surface area contributed by atoms with Gasteiger partial charge in [-0.15, -0.1) is 0 Å². The van der Waals surface area contributed by atoms with Crippen molar-refractivity contribution in [1.82, 2.24) is 15.2 Å². The van der Waals surface area contributed by atoms with Gasteiger partial charge in [0, 0.05) is 13.2 Å². The molecule has 0 bridgehead atoms. The lowest BCUT2D eigenvalue weighted by Crippen LogP contribution is -2.56. The Balaban J connectivity index is 1.69. The van der Waals surface area contributed by atoms with Crippen molar-refractivity contribution in [2.24, 2.45) is 10.2 Å². The second-order valence-electron chi connectivity index (χ2n) is 5.68. The van der Waals surface area contributed by atoms with E-state index in [4.69, 9.17) is 4.74 Å². The quantitative estimate of drug-likeness (QED) is 0.488. The summed E-state index contributed by atoms with van der Waals surface area (Å²) < 4.78 is 5.65. The topological polar surface area (TPSA) is 95.6 Å². The van der Waals surface area contributed by atoms with Gasteiger partial charge in [0.25, 0.3) is 5.96 Å². The first-order valence-electron chi connectivity index (χ1n) is 7.88. The van der Waals surface area contributed by atoms with Gasteiger partial charge in [0.15, 0.2) is 5.03 Å². The maximum absolute atomic E-state index is 10.7. The highest BCUT2D eigenvalue weighted by Crippen LogP contribution is 2.14. The number of guanidine groups is 1.